The Hall–Kier alpha value is -4.65. The molecule has 0 unspecified atom stereocenters. The van der Waals surface area contributed by atoms with Gasteiger partial charge in [0, 0.05) is 37.9 Å². The van der Waals surface area contributed by atoms with Crippen molar-refractivity contribution in [1.29, 1.82) is 0 Å². The van der Waals surface area contributed by atoms with Crippen molar-refractivity contribution in [3.63, 3.8) is 0 Å². The van der Waals surface area contributed by atoms with Gasteiger partial charge >= 0.3 is 24.3 Å². The predicted octanol–water partition coefficient (Wildman–Crippen LogP) is 3.00. The van der Waals surface area contributed by atoms with Crippen LogP contribution in [0.2, 0.25) is 0 Å². The van der Waals surface area contributed by atoms with E-state index in [4.69, 9.17) is 35.0 Å². The number of hydrogen-bond acceptors (Lipinski definition) is 8. The van der Waals surface area contributed by atoms with E-state index in [1.165, 1.54) is 6.07 Å². The number of halogens is 6. The predicted molar refractivity (Wildman–Crippen MR) is 157 cm³/mol. The number of carboxylic acid groups (broad SMARTS) is 2. The molecule has 1 aliphatic rings. The van der Waals surface area contributed by atoms with Crippen LogP contribution in [0.4, 0.5) is 26.3 Å². The third kappa shape index (κ3) is 12.1. The van der Waals surface area contributed by atoms with Crippen LogP contribution in [0.1, 0.15) is 38.2 Å². The molecule has 4 rings (SSSR count). The van der Waals surface area contributed by atoms with Crippen LogP contribution >= 0.6 is 0 Å². The molecule has 13 nitrogen and oxygen atoms in total. The van der Waals surface area contributed by atoms with Crippen LogP contribution in [0.3, 0.4) is 0 Å². The molecule has 1 amide bonds. The Labute approximate surface area is 276 Å². The van der Waals surface area contributed by atoms with Crippen LogP contribution in [0.25, 0.3) is 11.0 Å². The van der Waals surface area contributed by atoms with Gasteiger partial charge in [-0.2, -0.15) is 26.3 Å². The molecule has 0 aliphatic carbocycles. The van der Waals surface area contributed by atoms with E-state index in [2.05, 4.69) is 27.1 Å². The zero-order valence-electron chi connectivity index (χ0n) is 26.6. The molecule has 49 heavy (non-hydrogen) atoms. The Balaban J connectivity index is 0.000000500. The molecule has 4 N–H and O–H groups in total. The number of aromatic nitrogens is 3. The van der Waals surface area contributed by atoms with Crippen molar-refractivity contribution in [1.82, 2.24) is 14.5 Å². The van der Waals surface area contributed by atoms with Crippen LogP contribution in [-0.4, -0.2) is 81.2 Å². The summed E-state index contributed by atoms with van der Waals surface area (Å²) in [5.74, 6) is -3.60. The van der Waals surface area contributed by atoms with Crippen molar-refractivity contribution in [3.05, 3.63) is 48.0 Å². The van der Waals surface area contributed by atoms with Crippen molar-refractivity contribution >= 4 is 28.9 Å². The second kappa shape index (κ2) is 18.2. The number of pyridine rings is 1. The molecule has 19 heteroatoms. The summed E-state index contributed by atoms with van der Waals surface area (Å²) >= 11 is 0. The van der Waals surface area contributed by atoms with Crippen molar-refractivity contribution in [2.24, 2.45) is 11.7 Å². The highest BCUT2D eigenvalue weighted by molar-refractivity contribution is 5.78. The lowest BCUT2D eigenvalue weighted by Gasteiger charge is -2.23. The molecule has 272 valence electrons. The molecule has 2 aromatic heterocycles. The average Bonchev–Trinajstić information content (AvgIpc) is 3.34. The molecule has 0 bridgehead atoms. The van der Waals surface area contributed by atoms with Crippen molar-refractivity contribution in [3.8, 4) is 11.5 Å². The first-order valence-electron chi connectivity index (χ1n) is 14.9. The highest BCUT2D eigenvalue weighted by atomic mass is 19.4. The summed E-state index contributed by atoms with van der Waals surface area (Å²) in [7, 11) is 0. The van der Waals surface area contributed by atoms with Gasteiger partial charge in [-0.1, -0.05) is 11.8 Å². The number of alkyl halides is 6. The highest BCUT2D eigenvalue weighted by Crippen LogP contribution is 2.24. The van der Waals surface area contributed by atoms with Gasteiger partial charge in [-0.25, -0.2) is 18.7 Å². The topological polar surface area (TPSA) is 184 Å². The van der Waals surface area contributed by atoms with Crippen molar-refractivity contribution in [2.45, 2.75) is 65.2 Å². The largest absolute Gasteiger partial charge is 0.871 e. The average molecular weight is 710 g/mol. The lowest BCUT2D eigenvalue weighted by atomic mass is 10.0. The molecule has 1 fully saturated rings. The van der Waals surface area contributed by atoms with E-state index in [1.54, 1.807) is 17.2 Å². The summed E-state index contributed by atoms with van der Waals surface area (Å²) in [5.41, 5.74) is 8.69. The van der Waals surface area contributed by atoms with E-state index in [9.17, 15) is 36.2 Å². The van der Waals surface area contributed by atoms with Gasteiger partial charge in [-0.05, 0) is 44.9 Å². The Bertz CT molecular complexity index is 1530. The second-order valence-electron chi connectivity index (χ2n) is 10.4. The number of nitrogens with zero attached hydrogens (tertiary/aromatic N) is 4. The number of carbonyl (C=O) groups is 3. The van der Waals surface area contributed by atoms with E-state index in [-0.39, 0.29) is 24.8 Å². The SMILES string of the molecule is CCN(Cc1ncccc1[O-])C(=O)COc1ccc2c(c1)n(CC)c(CN)[n+]2CC1CCOCC1.O=C(O)C(F)(F)F.O=C(O)C(F)(F)F. The number of ether oxygens (including phenoxy) is 2. The first-order valence-corrected chi connectivity index (χ1v) is 14.9. The first-order chi connectivity index (χ1) is 22.9. The minimum Gasteiger partial charge on any atom is -0.871 e. The van der Waals surface area contributed by atoms with Gasteiger partial charge in [0.2, 0.25) is 0 Å². The van der Waals surface area contributed by atoms with E-state index < -0.39 is 24.3 Å². The maximum Gasteiger partial charge on any atom is 0.490 e. The van der Waals surface area contributed by atoms with Crippen molar-refractivity contribution < 1.29 is 70.1 Å². The van der Waals surface area contributed by atoms with Crippen LogP contribution in [0.15, 0.2) is 36.5 Å². The van der Waals surface area contributed by atoms with Gasteiger partial charge in [-0.3, -0.25) is 9.78 Å². The summed E-state index contributed by atoms with van der Waals surface area (Å²) in [5, 5.41) is 26.2. The molecule has 0 atom stereocenters. The highest BCUT2D eigenvalue weighted by Gasteiger charge is 2.39. The van der Waals surface area contributed by atoms with E-state index in [0.29, 0.717) is 30.5 Å². The summed E-state index contributed by atoms with van der Waals surface area (Å²) in [6.45, 7) is 8.27. The molecular weight excluding hydrogens is 672 g/mol. The lowest BCUT2D eigenvalue weighted by Crippen LogP contribution is -2.43. The van der Waals surface area contributed by atoms with Gasteiger partial charge in [0.05, 0.1) is 31.9 Å². The summed E-state index contributed by atoms with van der Waals surface area (Å²) < 4.78 is 79.4. The Morgan fingerprint density at radius 2 is 1.67 bits per heavy atom. The fourth-order valence-electron chi connectivity index (χ4n) is 4.76. The first kappa shape index (κ1) is 40.5. The Morgan fingerprint density at radius 3 is 2.16 bits per heavy atom. The zero-order chi connectivity index (χ0) is 36.9. The number of rotatable bonds is 10. The van der Waals surface area contributed by atoms with Crippen LogP contribution in [0.5, 0.6) is 11.5 Å². The molecule has 0 radical (unpaired) electrons. The number of carboxylic acids is 2. The Kier molecular flexibility index (Phi) is 15.1. The van der Waals surface area contributed by atoms with E-state index >= 15 is 0 Å². The van der Waals surface area contributed by atoms with Gasteiger partial charge in [0.25, 0.3) is 11.7 Å². The van der Waals surface area contributed by atoms with Crippen LogP contribution in [-0.2, 0) is 45.3 Å². The van der Waals surface area contributed by atoms with Crippen LogP contribution in [0, 0.1) is 5.92 Å². The van der Waals surface area contributed by atoms with Crippen molar-refractivity contribution in [2.75, 3.05) is 26.4 Å². The maximum atomic E-state index is 12.8. The monoisotopic (exact) mass is 709 g/mol. The number of carbonyl (C=O) groups excluding carboxylic acids is 1. The molecule has 0 spiro atoms. The van der Waals surface area contributed by atoms with E-state index in [1.807, 2.05) is 19.1 Å². The molecular formula is C30H37F6N5O8. The number of aryl methyl sites for hydroxylation is 1. The number of imidazole rings is 1. The number of aliphatic carboxylic acids is 2. The van der Waals surface area contributed by atoms with Gasteiger partial charge in [0.15, 0.2) is 17.6 Å². The molecule has 1 aliphatic heterocycles. The number of nitrogens with two attached hydrogens (primary N) is 1. The summed E-state index contributed by atoms with van der Waals surface area (Å²) in [6.07, 6.45) is -6.49. The molecule has 1 saturated heterocycles. The smallest absolute Gasteiger partial charge is 0.490 e. The summed E-state index contributed by atoms with van der Waals surface area (Å²) in [4.78, 5) is 36.3. The standard InChI is InChI=1S/C26H35N5O4.2C2HF3O2/c1-3-29(17-21-24(32)6-5-11-28-21)26(33)18-35-20-7-8-22-23(14-20)30(4-2)25(15-27)31(22)16-19-9-12-34-13-10-19;2*3-2(4,5)1(6)7/h5-8,11,14,19H,3-4,9-10,12-13,15-18,27H2,1-2H3;2*(H,6,7). The van der Waals surface area contributed by atoms with Gasteiger partial charge < -0.3 is 35.4 Å². The minimum absolute atomic E-state index is 0.112. The quantitative estimate of drug-likeness (QED) is 0.209. The fraction of sp³-hybridized carbons (Fsp3) is 0.500. The molecule has 0 saturated carbocycles. The lowest BCUT2D eigenvalue weighted by molar-refractivity contribution is -0.687. The zero-order valence-corrected chi connectivity index (χ0v) is 26.6. The number of benzene rings is 1. The van der Waals surface area contributed by atoms with E-state index in [0.717, 1.165) is 56.0 Å². The minimum atomic E-state index is -5.08. The number of likely N-dealkylation sites (N-methyl/N-ethyl adjacent to an activating group) is 1. The number of fused-ring (bicyclic) bond motifs is 1. The Morgan fingerprint density at radius 1 is 1.08 bits per heavy atom. The molecule has 3 heterocycles. The third-order valence-electron chi connectivity index (χ3n) is 7.20. The number of hydrogen-bond donors (Lipinski definition) is 3. The maximum absolute atomic E-state index is 12.8. The van der Waals surface area contributed by atoms with Gasteiger partial charge in [-0.15, -0.1) is 0 Å². The summed E-state index contributed by atoms with van der Waals surface area (Å²) in [6, 6.07) is 8.99. The third-order valence-corrected chi connectivity index (χ3v) is 7.20. The van der Waals surface area contributed by atoms with Gasteiger partial charge in [0.1, 0.15) is 5.75 Å². The number of amides is 1. The van der Waals surface area contributed by atoms with Crippen LogP contribution < -0.4 is 20.1 Å². The normalized spacial score (nSPS) is 13.5. The second-order valence-corrected chi connectivity index (χ2v) is 10.4. The molecule has 1 aromatic carbocycles. The molecule has 3 aromatic rings. The fourth-order valence-corrected chi connectivity index (χ4v) is 4.76.